The Hall–Kier alpha value is -3.20. The molecule has 2 aromatic rings. The second-order valence-corrected chi connectivity index (χ2v) is 7.42. The molecule has 166 valence electrons. The van der Waals surface area contributed by atoms with Crippen molar-refractivity contribution in [2.75, 3.05) is 4.90 Å². The quantitative estimate of drug-likeness (QED) is 0.646. The van der Waals surface area contributed by atoms with Crippen molar-refractivity contribution in [1.82, 2.24) is 0 Å². The Morgan fingerprint density at radius 1 is 0.968 bits per heavy atom. The van der Waals surface area contributed by atoms with Crippen molar-refractivity contribution >= 4 is 23.3 Å². The van der Waals surface area contributed by atoms with E-state index in [4.69, 9.17) is 5.73 Å². The number of carbonyl (C=O) groups is 3. The van der Waals surface area contributed by atoms with Gasteiger partial charge in [-0.15, -0.1) is 0 Å². The number of halogens is 3. The molecule has 2 unspecified atom stereocenters. The summed E-state index contributed by atoms with van der Waals surface area (Å²) in [5, 5.41) is 10.3. The van der Waals surface area contributed by atoms with Gasteiger partial charge in [0.15, 0.2) is 5.78 Å². The van der Waals surface area contributed by atoms with Gasteiger partial charge in [-0.25, -0.2) is 4.79 Å². The maximum absolute atomic E-state index is 13.5. The Bertz CT molecular complexity index is 976. The number of ketones is 1. The minimum Gasteiger partial charge on any atom is -0.479 e. The first-order valence-electron chi connectivity index (χ1n) is 9.42. The summed E-state index contributed by atoms with van der Waals surface area (Å²) in [6, 6.07) is 9.45. The van der Waals surface area contributed by atoms with Gasteiger partial charge in [0.25, 0.3) is 0 Å². The number of benzene rings is 2. The summed E-state index contributed by atoms with van der Waals surface area (Å²) in [5.74, 6) is -4.18. The molecule has 2 rings (SSSR count). The van der Waals surface area contributed by atoms with E-state index in [0.717, 1.165) is 25.1 Å². The van der Waals surface area contributed by atoms with Gasteiger partial charge in [-0.05, 0) is 29.7 Å². The van der Waals surface area contributed by atoms with E-state index in [1.807, 2.05) is 0 Å². The third-order valence-electron chi connectivity index (χ3n) is 4.96. The molecule has 0 aliphatic heterocycles. The number of aliphatic carboxylic acids is 1. The Morgan fingerprint density at radius 2 is 1.52 bits per heavy atom. The van der Waals surface area contributed by atoms with Gasteiger partial charge in [0.05, 0.1) is 11.6 Å². The highest BCUT2D eigenvalue weighted by Crippen LogP contribution is 2.39. The van der Waals surface area contributed by atoms with Crippen LogP contribution >= 0.6 is 0 Å². The summed E-state index contributed by atoms with van der Waals surface area (Å²) < 4.78 is 39.9. The monoisotopic (exact) mass is 436 g/mol. The fourth-order valence-electron chi connectivity index (χ4n) is 3.36. The number of amides is 1. The molecule has 0 aliphatic carbocycles. The average molecular weight is 436 g/mol. The summed E-state index contributed by atoms with van der Waals surface area (Å²) >= 11 is 0. The molecule has 2 aromatic carbocycles. The van der Waals surface area contributed by atoms with Crippen LogP contribution in [0.5, 0.6) is 0 Å². The number of Topliss-reactive ketones (excluding diaryl/α,β-unsaturated/α-hetero) is 1. The Kier molecular flexibility index (Phi) is 6.90. The molecule has 3 N–H and O–H groups in total. The molecular formula is C22H23F3N2O4. The first kappa shape index (κ1) is 24.1. The number of anilines is 1. The number of nitrogens with zero attached hydrogens (tertiary/aromatic N) is 1. The fraction of sp³-hybridized carbons (Fsp3) is 0.318. The van der Waals surface area contributed by atoms with Crippen LogP contribution in [0.1, 0.15) is 31.9 Å². The zero-order valence-corrected chi connectivity index (χ0v) is 17.2. The molecule has 2 atom stereocenters. The van der Waals surface area contributed by atoms with Crippen LogP contribution < -0.4 is 10.6 Å². The standard InChI is InChI=1S/C22H23F3N2O4/c1-13(2)18(26)19(29)21(20(30)31,15-8-5-4-6-9-15)27(14(3)28)17-11-7-10-16(12-17)22(23,24)25/h4-13,18H,26H2,1-3H3,(H,30,31). The molecule has 0 radical (unpaired) electrons. The lowest BCUT2D eigenvalue weighted by molar-refractivity contribution is -0.151. The second kappa shape index (κ2) is 8.89. The average Bonchev–Trinajstić information content (AvgIpc) is 2.70. The van der Waals surface area contributed by atoms with Crippen LogP contribution in [0.25, 0.3) is 0 Å². The summed E-state index contributed by atoms with van der Waals surface area (Å²) in [6.45, 7) is 4.18. The molecule has 9 heteroatoms. The van der Waals surface area contributed by atoms with E-state index in [9.17, 15) is 32.7 Å². The van der Waals surface area contributed by atoms with Crippen LogP contribution in [0.15, 0.2) is 54.6 Å². The van der Waals surface area contributed by atoms with Crippen molar-refractivity contribution in [3.8, 4) is 0 Å². The number of carboxylic acid groups (broad SMARTS) is 1. The van der Waals surface area contributed by atoms with Gasteiger partial charge in [-0.2, -0.15) is 13.2 Å². The lowest BCUT2D eigenvalue weighted by Gasteiger charge is -2.41. The number of hydrogen-bond acceptors (Lipinski definition) is 4. The largest absolute Gasteiger partial charge is 0.479 e. The molecule has 0 aliphatic rings. The molecule has 0 saturated carbocycles. The van der Waals surface area contributed by atoms with Crippen LogP contribution in [0.4, 0.5) is 18.9 Å². The number of carbonyl (C=O) groups excluding carboxylic acids is 2. The zero-order chi connectivity index (χ0) is 23.6. The number of alkyl halides is 3. The Balaban J connectivity index is 2.92. The number of carboxylic acids is 1. The van der Waals surface area contributed by atoms with E-state index in [1.165, 1.54) is 24.3 Å². The minimum atomic E-state index is -4.74. The number of hydrogen-bond donors (Lipinski definition) is 2. The third kappa shape index (κ3) is 4.46. The predicted molar refractivity (Wildman–Crippen MR) is 108 cm³/mol. The van der Waals surface area contributed by atoms with Crippen molar-refractivity contribution in [1.29, 1.82) is 0 Å². The van der Waals surface area contributed by atoms with Crippen LogP contribution in [-0.4, -0.2) is 28.8 Å². The molecule has 6 nitrogen and oxygen atoms in total. The van der Waals surface area contributed by atoms with Crippen molar-refractivity contribution < 1.29 is 32.7 Å². The number of rotatable bonds is 7. The smallest absolute Gasteiger partial charge is 0.416 e. The molecule has 0 bridgehead atoms. The molecule has 1 amide bonds. The van der Waals surface area contributed by atoms with Crippen LogP contribution in [0.3, 0.4) is 0 Å². The predicted octanol–water partition coefficient (Wildman–Crippen LogP) is 3.59. The van der Waals surface area contributed by atoms with E-state index >= 15 is 0 Å². The SMILES string of the molecule is CC(=O)N(c1cccc(C(F)(F)F)c1)C(C(=O)O)(C(=O)C(N)C(C)C)c1ccccc1. The maximum Gasteiger partial charge on any atom is 0.416 e. The van der Waals surface area contributed by atoms with E-state index in [1.54, 1.807) is 19.9 Å². The van der Waals surface area contributed by atoms with Crippen LogP contribution in [0.2, 0.25) is 0 Å². The second-order valence-electron chi connectivity index (χ2n) is 7.42. The lowest BCUT2D eigenvalue weighted by atomic mass is 9.78. The highest BCUT2D eigenvalue weighted by atomic mass is 19.4. The number of nitrogens with two attached hydrogens (primary N) is 1. The minimum absolute atomic E-state index is 0.101. The zero-order valence-electron chi connectivity index (χ0n) is 17.2. The van der Waals surface area contributed by atoms with Crippen molar-refractivity contribution in [2.24, 2.45) is 11.7 Å². The van der Waals surface area contributed by atoms with E-state index in [2.05, 4.69) is 0 Å². The lowest BCUT2D eigenvalue weighted by Crippen LogP contribution is -2.64. The summed E-state index contributed by atoms with van der Waals surface area (Å²) in [6.07, 6.45) is -4.74. The van der Waals surface area contributed by atoms with Gasteiger partial charge in [0, 0.05) is 12.6 Å². The molecule has 0 spiro atoms. The van der Waals surface area contributed by atoms with Gasteiger partial charge < -0.3 is 10.8 Å². The van der Waals surface area contributed by atoms with E-state index in [0.29, 0.717) is 11.0 Å². The normalized spacial score (nSPS) is 14.6. The Morgan fingerprint density at radius 3 is 1.97 bits per heavy atom. The Labute approximate surface area is 177 Å². The molecule has 0 heterocycles. The highest BCUT2D eigenvalue weighted by molar-refractivity contribution is 6.18. The molecule has 31 heavy (non-hydrogen) atoms. The first-order chi connectivity index (χ1) is 14.3. The van der Waals surface area contributed by atoms with Gasteiger partial charge >= 0.3 is 12.1 Å². The third-order valence-corrected chi connectivity index (χ3v) is 4.96. The molecular weight excluding hydrogens is 413 g/mol. The summed E-state index contributed by atoms with van der Waals surface area (Å²) in [7, 11) is 0. The van der Waals surface area contributed by atoms with Crippen molar-refractivity contribution in [2.45, 2.75) is 38.5 Å². The van der Waals surface area contributed by atoms with Gasteiger partial charge in [-0.3, -0.25) is 14.5 Å². The molecule has 0 fully saturated rings. The fourth-order valence-corrected chi connectivity index (χ4v) is 3.36. The van der Waals surface area contributed by atoms with Crippen molar-refractivity contribution in [3.05, 3.63) is 65.7 Å². The van der Waals surface area contributed by atoms with E-state index in [-0.39, 0.29) is 5.56 Å². The van der Waals surface area contributed by atoms with E-state index < -0.39 is 52.6 Å². The maximum atomic E-state index is 13.5. The summed E-state index contributed by atoms with van der Waals surface area (Å²) in [4.78, 5) is 39.5. The van der Waals surface area contributed by atoms with Crippen LogP contribution in [0, 0.1) is 5.92 Å². The van der Waals surface area contributed by atoms with Gasteiger partial charge in [0.2, 0.25) is 11.4 Å². The highest BCUT2D eigenvalue weighted by Gasteiger charge is 2.56. The summed E-state index contributed by atoms with van der Waals surface area (Å²) in [5.41, 5.74) is 1.75. The van der Waals surface area contributed by atoms with Crippen LogP contribution in [-0.2, 0) is 26.1 Å². The first-order valence-corrected chi connectivity index (χ1v) is 9.42. The van der Waals surface area contributed by atoms with Gasteiger partial charge in [0.1, 0.15) is 0 Å². The van der Waals surface area contributed by atoms with Crippen molar-refractivity contribution in [3.63, 3.8) is 0 Å². The molecule has 0 saturated heterocycles. The topological polar surface area (TPSA) is 101 Å². The molecule has 0 aromatic heterocycles. The van der Waals surface area contributed by atoms with Gasteiger partial charge in [-0.1, -0.05) is 50.2 Å².